The molecule has 0 aliphatic carbocycles. The van der Waals surface area contributed by atoms with Crippen molar-refractivity contribution in [2.24, 2.45) is 0 Å². The summed E-state index contributed by atoms with van der Waals surface area (Å²) in [5, 5.41) is 13.4. The fraction of sp³-hybridized carbons (Fsp3) is 0.0357. The summed E-state index contributed by atoms with van der Waals surface area (Å²) >= 11 is 0. The Labute approximate surface area is 533 Å². The number of fused-ring (bicyclic) bond motifs is 18. The van der Waals surface area contributed by atoms with Crippen molar-refractivity contribution in [3.8, 4) is 69.8 Å². The highest BCUT2D eigenvalue weighted by atomic mass is 16.5. The molecule has 0 unspecified atom stereocenters. The summed E-state index contributed by atoms with van der Waals surface area (Å²) in [5.74, 6) is 5.63. The van der Waals surface area contributed by atoms with Gasteiger partial charge in [0.1, 0.15) is 51.7 Å². The Balaban J connectivity index is 0.745. The monoisotopic (exact) mass is 1200 g/mol. The SMILES string of the molecule is c1cc(Oc2nc(Oc3cccc(C4c5c(ccc6ccccc56)Oc5ccc6ccccc6c54)c3)nc(Oc3cccc(C4c5c(ccc6ccccc56)Oc5ccc6ccccc6c54)c3)n2)cc(C2c3c(ccc4ccccc34)Oc3ccc4ccccc4c32)c1. The number of aromatic nitrogens is 3. The predicted octanol–water partition coefficient (Wildman–Crippen LogP) is 22.0. The van der Waals surface area contributed by atoms with Gasteiger partial charge in [-0.05, 0) is 154 Å². The second-order valence-electron chi connectivity index (χ2n) is 24.0. The molecule has 0 saturated carbocycles. The zero-order valence-corrected chi connectivity index (χ0v) is 49.7. The van der Waals surface area contributed by atoms with Gasteiger partial charge in [-0.2, -0.15) is 0 Å². The molecular weight excluding hydrogens is 1150 g/mol. The first-order valence-electron chi connectivity index (χ1n) is 31.3. The molecule has 3 aliphatic rings. The highest BCUT2D eigenvalue weighted by molar-refractivity contribution is 5.98. The minimum atomic E-state index is -0.239. The van der Waals surface area contributed by atoms with Gasteiger partial charge in [-0.1, -0.05) is 218 Å². The average Bonchev–Trinajstić information content (AvgIpc) is 0.748. The van der Waals surface area contributed by atoms with Crippen LogP contribution in [0.2, 0.25) is 0 Å². The van der Waals surface area contributed by atoms with Crippen molar-refractivity contribution in [2.45, 2.75) is 17.8 Å². The standard InChI is InChI=1S/C84H51N3O6/c1-7-28-61-49(16-1)34-40-67-76(61)73(77-62-29-8-2-17-50(62)35-41-68(77)91-67)55-22-13-25-58(46-55)88-82-85-83(89-59-26-14-23-56(47-59)74-78-63-30-9-3-18-51(63)36-42-69(78)92-70-43-37-52-19-4-10-31-64(52)79(70)74)87-84(86-82)90-60-27-15-24-57(48-60)75-80-65-32-11-5-20-53(65)38-44-71(80)93-72-45-39-54-21-6-12-33-66(54)81(72)75/h1-48,73-75H. The van der Waals surface area contributed by atoms with Crippen LogP contribution in [0.15, 0.2) is 291 Å². The zero-order valence-electron chi connectivity index (χ0n) is 49.7. The van der Waals surface area contributed by atoms with E-state index in [-0.39, 0.29) is 35.8 Å². The Morgan fingerprint density at radius 2 is 0.430 bits per heavy atom. The Bertz CT molecular complexity index is 4960. The van der Waals surface area contributed by atoms with Gasteiger partial charge < -0.3 is 28.4 Å². The molecule has 0 saturated heterocycles. The molecule has 19 rings (SSSR count). The van der Waals surface area contributed by atoms with E-state index in [4.69, 9.17) is 43.4 Å². The van der Waals surface area contributed by atoms with Gasteiger partial charge in [0.2, 0.25) is 0 Å². The maximum atomic E-state index is 6.89. The molecular formula is C84H51N3O6. The molecule has 0 amide bonds. The van der Waals surface area contributed by atoms with Gasteiger partial charge in [0.05, 0.1) is 0 Å². The van der Waals surface area contributed by atoms with E-state index in [0.717, 1.165) is 149 Å². The summed E-state index contributed by atoms with van der Waals surface area (Å²) in [7, 11) is 0. The third-order valence-electron chi connectivity index (χ3n) is 18.8. The van der Waals surface area contributed by atoms with E-state index in [1.807, 2.05) is 36.4 Å². The first-order chi connectivity index (χ1) is 46.0. The Morgan fingerprint density at radius 3 is 0.656 bits per heavy atom. The minimum absolute atomic E-state index is 0.0291. The summed E-state index contributed by atoms with van der Waals surface area (Å²) in [5.41, 5.74) is 9.45. The molecule has 0 bridgehead atoms. The summed E-state index contributed by atoms with van der Waals surface area (Å²) in [6, 6.07) is 101. The highest BCUT2D eigenvalue weighted by Gasteiger charge is 2.36. The zero-order chi connectivity index (χ0) is 61.1. The predicted molar refractivity (Wildman–Crippen MR) is 366 cm³/mol. The smallest absolute Gasteiger partial charge is 0.331 e. The summed E-state index contributed by atoms with van der Waals surface area (Å²) < 4.78 is 41.1. The molecule has 0 atom stereocenters. The van der Waals surface area contributed by atoms with Crippen molar-refractivity contribution in [1.82, 2.24) is 15.0 Å². The van der Waals surface area contributed by atoms with Crippen molar-refractivity contribution in [2.75, 3.05) is 0 Å². The van der Waals surface area contributed by atoms with Crippen molar-refractivity contribution >= 4 is 64.6 Å². The third kappa shape index (κ3) is 8.80. The molecule has 9 nitrogen and oxygen atoms in total. The second-order valence-corrected chi connectivity index (χ2v) is 24.0. The van der Waals surface area contributed by atoms with Gasteiger partial charge >= 0.3 is 18.0 Å². The topological polar surface area (TPSA) is 94.1 Å². The highest BCUT2D eigenvalue weighted by Crippen LogP contribution is 2.56. The summed E-state index contributed by atoms with van der Waals surface area (Å²) in [6.45, 7) is 0. The third-order valence-corrected chi connectivity index (χ3v) is 18.8. The summed E-state index contributed by atoms with van der Waals surface area (Å²) in [6.07, 6.45) is 0. The number of benzene rings is 15. The van der Waals surface area contributed by atoms with Crippen LogP contribution in [0, 0.1) is 0 Å². The normalized spacial score (nSPS) is 13.3. The maximum absolute atomic E-state index is 6.89. The van der Waals surface area contributed by atoms with Gasteiger partial charge in [-0.15, -0.1) is 15.0 Å². The van der Waals surface area contributed by atoms with E-state index in [1.165, 1.54) is 0 Å². The van der Waals surface area contributed by atoms with E-state index in [2.05, 4.69) is 255 Å². The van der Waals surface area contributed by atoms with Gasteiger partial charge in [-0.25, -0.2) is 0 Å². The van der Waals surface area contributed by atoms with Crippen LogP contribution in [0.3, 0.4) is 0 Å². The molecule has 0 fully saturated rings. The Hall–Kier alpha value is -12.3. The van der Waals surface area contributed by atoms with Gasteiger partial charge in [-0.3, -0.25) is 0 Å². The van der Waals surface area contributed by atoms with E-state index in [9.17, 15) is 0 Å². The molecule has 4 heterocycles. The Morgan fingerprint density at radius 1 is 0.215 bits per heavy atom. The van der Waals surface area contributed by atoms with Crippen LogP contribution in [0.4, 0.5) is 0 Å². The number of hydrogen-bond acceptors (Lipinski definition) is 9. The average molecular weight is 1200 g/mol. The van der Waals surface area contributed by atoms with Gasteiger partial charge in [0.15, 0.2) is 0 Å². The van der Waals surface area contributed by atoms with E-state index in [0.29, 0.717) is 17.2 Å². The molecule has 93 heavy (non-hydrogen) atoms. The van der Waals surface area contributed by atoms with E-state index in [1.54, 1.807) is 0 Å². The minimum Gasteiger partial charge on any atom is -0.457 e. The number of hydrogen-bond donors (Lipinski definition) is 0. The fourth-order valence-corrected chi connectivity index (χ4v) is 14.8. The van der Waals surface area contributed by atoms with Crippen LogP contribution < -0.4 is 28.4 Å². The lowest BCUT2D eigenvalue weighted by Gasteiger charge is -2.31. The van der Waals surface area contributed by atoms with E-state index < -0.39 is 0 Å². The van der Waals surface area contributed by atoms with Crippen molar-refractivity contribution in [1.29, 1.82) is 0 Å². The van der Waals surface area contributed by atoms with Crippen molar-refractivity contribution < 1.29 is 28.4 Å². The molecule has 9 heteroatoms. The quantitative estimate of drug-likeness (QED) is 0.140. The lowest BCUT2D eigenvalue weighted by molar-refractivity contribution is 0.361. The molecule has 0 radical (unpaired) electrons. The van der Waals surface area contributed by atoms with Gasteiger partial charge in [0, 0.05) is 51.1 Å². The first-order valence-corrected chi connectivity index (χ1v) is 31.3. The van der Waals surface area contributed by atoms with Crippen LogP contribution in [-0.2, 0) is 0 Å². The Kier molecular flexibility index (Phi) is 12.0. The van der Waals surface area contributed by atoms with Gasteiger partial charge in [0.25, 0.3) is 0 Å². The molecule has 0 spiro atoms. The number of ether oxygens (including phenoxy) is 6. The second kappa shape index (κ2) is 21.2. The van der Waals surface area contributed by atoms with Crippen LogP contribution >= 0.6 is 0 Å². The molecule has 438 valence electrons. The van der Waals surface area contributed by atoms with Crippen LogP contribution in [0.1, 0.15) is 67.8 Å². The van der Waals surface area contributed by atoms with E-state index >= 15 is 0 Å². The fourth-order valence-electron chi connectivity index (χ4n) is 14.8. The number of nitrogens with zero attached hydrogens (tertiary/aromatic N) is 3. The lowest BCUT2D eigenvalue weighted by Crippen LogP contribution is -2.13. The first kappa shape index (κ1) is 52.6. The van der Waals surface area contributed by atoms with Crippen LogP contribution in [0.5, 0.6) is 69.8 Å². The molecule has 1 aromatic heterocycles. The number of rotatable bonds is 9. The molecule has 16 aromatic rings. The lowest BCUT2D eigenvalue weighted by atomic mass is 9.78. The maximum Gasteiger partial charge on any atom is 0.331 e. The summed E-state index contributed by atoms with van der Waals surface area (Å²) in [4.78, 5) is 14.9. The largest absolute Gasteiger partial charge is 0.457 e. The van der Waals surface area contributed by atoms with Crippen LogP contribution in [0.25, 0.3) is 64.6 Å². The van der Waals surface area contributed by atoms with Crippen molar-refractivity contribution in [3.05, 3.63) is 341 Å². The molecule has 0 N–H and O–H groups in total. The van der Waals surface area contributed by atoms with Crippen molar-refractivity contribution in [3.63, 3.8) is 0 Å². The molecule has 15 aromatic carbocycles. The molecule has 3 aliphatic heterocycles. The van der Waals surface area contributed by atoms with Crippen LogP contribution in [-0.4, -0.2) is 15.0 Å².